The predicted molar refractivity (Wildman–Crippen MR) is 68.0 cm³/mol. The summed E-state index contributed by atoms with van der Waals surface area (Å²) in [6, 6.07) is 3.33. The van der Waals surface area contributed by atoms with E-state index in [1.54, 1.807) is 19.2 Å². The Hall–Kier alpha value is -2.77. The fourth-order valence-electron chi connectivity index (χ4n) is 1.64. The van der Waals surface area contributed by atoms with Crippen LogP contribution in [-0.4, -0.2) is 34.0 Å². The Kier molecular flexibility index (Phi) is 3.51. The van der Waals surface area contributed by atoms with Crippen molar-refractivity contribution in [2.75, 3.05) is 19.5 Å². The van der Waals surface area contributed by atoms with Crippen LogP contribution in [0.15, 0.2) is 24.7 Å². The molecule has 1 N–H and O–H groups in total. The van der Waals surface area contributed by atoms with Crippen molar-refractivity contribution < 1.29 is 9.66 Å². The molecule has 0 amide bonds. The zero-order chi connectivity index (χ0) is 13.8. The molecule has 0 aliphatic heterocycles. The summed E-state index contributed by atoms with van der Waals surface area (Å²) in [5.74, 6) is 0.536. The van der Waals surface area contributed by atoms with E-state index >= 15 is 0 Å². The standard InChI is InChI=1S/C11H11N5O3/c1-12-11-10(16(17)18)9(14-6-15-11)8-7(19-2)4-3-5-13-8/h3-6H,1-2H3,(H,12,14,15). The molecule has 0 aliphatic rings. The minimum Gasteiger partial charge on any atom is -0.494 e. The predicted octanol–water partition coefficient (Wildman–Crippen LogP) is 1.50. The van der Waals surface area contributed by atoms with Gasteiger partial charge in [0, 0.05) is 13.2 Å². The molecule has 0 saturated carbocycles. The van der Waals surface area contributed by atoms with Gasteiger partial charge in [-0.05, 0) is 12.1 Å². The summed E-state index contributed by atoms with van der Waals surface area (Å²) in [5, 5.41) is 13.9. The highest BCUT2D eigenvalue weighted by atomic mass is 16.6. The van der Waals surface area contributed by atoms with Crippen LogP contribution in [0.2, 0.25) is 0 Å². The van der Waals surface area contributed by atoms with Gasteiger partial charge in [-0.3, -0.25) is 15.1 Å². The lowest BCUT2D eigenvalue weighted by Gasteiger charge is -2.08. The molecule has 8 nitrogen and oxygen atoms in total. The second-order valence-electron chi connectivity index (χ2n) is 3.48. The lowest BCUT2D eigenvalue weighted by molar-refractivity contribution is -0.383. The Morgan fingerprint density at radius 2 is 2.11 bits per heavy atom. The zero-order valence-electron chi connectivity index (χ0n) is 10.3. The topological polar surface area (TPSA) is 103 Å². The summed E-state index contributed by atoms with van der Waals surface area (Å²) >= 11 is 0. The fourth-order valence-corrected chi connectivity index (χ4v) is 1.64. The molecule has 0 aromatic carbocycles. The smallest absolute Gasteiger partial charge is 0.339 e. The van der Waals surface area contributed by atoms with Gasteiger partial charge in [-0.2, -0.15) is 0 Å². The number of nitrogens with zero attached hydrogens (tertiary/aromatic N) is 4. The average Bonchev–Trinajstić information content (AvgIpc) is 2.46. The first kappa shape index (κ1) is 12.7. The third-order valence-electron chi connectivity index (χ3n) is 2.46. The number of nitrogens with one attached hydrogen (secondary N) is 1. The molecule has 2 heterocycles. The van der Waals surface area contributed by atoms with Crippen molar-refractivity contribution in [1.82, 2.24) is 15.0 Å². The molecule has 0 spiro atoms. The van der Waals surface area contributed by atoms with Crippen molar-refractivity contribution in [3.63, 3.8) is 0 Å². The molecular formula is C11H11N5O3. The molecule has 8 heteroatoms. The maximum Gasteiger partial charge on any atom is 0.339 e. The highest BCUT2D eigenvalue weighted by Crippen LogP contribution is 2.35. The molecule has 0 fully saturated rings. The van der Waals surface area contributed by atoms with Crippen molar-refractivity contribution in [1.29, 1.82) is 0 Å². The molecule has 0 radical (unpaired) electrons. The SMILES string of the molecule is CNc1ncnc(-c2ncccc2OC)c1[N+](=O)[O-]. The third-order valence-corrected chi connectivity index (χ3v) is 2.46. The number of nitro groups is 1. The van der Waals surface area contributed by atoms with Crippen molar-refractivity contribution >= 4 is 11.5 Å². The molecule has 2 aromatic heterocycles. The molecule has 0 aliphatic carbocycles. The van der Waals surface area contributed by atoms with E-state index in [2.05, 4.69) is 20.3 Å². The van der Waals surface area contributed by atoms with E-state index in [0.29, 0.717) is 11.4 Å². The number of ether oxygens (including phenoxy) is 1. The minimum atomic E-state index is -0.546. The van der Waals surface area contributed by atoms with Gasteiger partial charge in [-0.1, -0.05) is 0 Å². The first-order valence-corrected chi connectivity index (χ1v) is 5.35. The number of rotatable bonds is 4. The Morgan fingerprint density at radius 3 is 2.74 bits per heavy atom. The van der Waals surface area contributed by atoms with E-state index < -0.39 is 4.92 Å². The van der Waals surface area contributed by atoms with Gasteiger partial charge in [0.2, 0.25) is 5.82 Å². The van der Waals surface area contributed by atoms with Crippen molar-refractivity contribution in [2.45, 2.75) is 0 Å². The second-order valence-corrected chi connectivity index (χ2v) is 3.48. The van der Waals surface area contributed by atoms with Gasteiger partial charge < -0.3 is 10.1 Å². The summed E-state index contributed by atoms with van der Waals surface area (Å²) in [7, 11) is 3.02. The van der Waals surface area contributed by atoms with E-state index in [9.17, 15) is 10.1 Å². The number of methoxy groups -OCH3 is 1. The quantitative estimate of drug-likeness (QED) is 0.656. The average molecular weight is 261 g/mol. The Bertz CT molecular complexity index is 617. The molecular weight excluding hydrogens is 250 g/mol. The Labute approximate surface area is 108 Å². The van der Waals surface area contributed by atoms with Gasteiger partial charge in [-0.25, -0.2) is 9.97 Å². The van der Waals surface area contributed by atoms with E-state index in [-0.39, 0.29) is 17.2 Å². The largest absolute Gasteiger partial charge is 0.494 e. The number of hydrogen-bond donors (Lipinski definition) is 1. The van der Waals surface area contributed by atoms with Crippen LogP contribution in [0.4, 0.5) is 11.5 Å². The van der Waals surface area contributed by atoms with Crippen molar-refractivity contribution in [2.24, 2.45) is 0 Å². The van der Waals surface area contributed by atoms with Gasteiger partial charge in [0.15, 0.2) is 5.69 Å². The highest BCUT2D eigenvalue weighted by Gasteiger charge is 2.26. The van der Waals surface area contributed by atoms with Gasteiger partial charge in [-0.15, -0.1) is 0 Å². The normalized spacial score (nSPS) is 10.0. The lowest BCUT2D eigenvalue weighted by atomic mass is 10.2. The number of anilines is 1. The first-order valence-electron chi connectivity index (χ1n) is 5.35. The molecule has 0 bridgehead atoms. The van der Waals surface area contributed by atoms with Gasteiger partial charge in [0.25, 0.3) is 0 Å². The Balaban J connectivity index is 2.71. The summed E-state index contributed by atoms with van der Waals surface area (Å²) in [5.41, 5.74) is 0.180. The van der Waals surface area contributed by atoms with Crippen LogP contribution in [-0.2, 0) is 0 Å². The second kappa shape index (κ2) is 5.25. The van der Waals surface area contributed by atoms with Crippen LogP contribution in [0.3, 0.4) is 0 Å². The molecule has 0 saturated heterocycles. The van der Waals surface area contributed by atoms with E-state index in [1.165, 1.54) is 19.6 Å². The maximum atomic E-state index is 11.2. The van der Waals surface area contributed by atoms with Gasteiger partial charge in [0.1, 0.15) is 17.8 Å². The van der Waals surface area contributed by atoms with Crippen LogP contribution in [0.25, 0.3) is 11.4 Å². The highest BCUT2D eigenvalue weighted by molar-refractivity contribution is 5.77. The monoisotopic (exact) mass is 261 g/mol. The van der Waals surface area contributed by atoms with Crippen LogP contribution < -0.4 is 10.1 Å². The number of hydrogen-bond acceptors (Lipinski definition) is 7. The summed E-state index contributed by atoms with van der Waals surface area (Å²) < 4.78 is 5.14. The number of pyridine rings is 1. The maximum absolute atomic E-state index is 11.2. The number of aromatic nitrogens is 3. The molecule has 2 rings (SSSR count). The van der Waals surface area contributed by atoms with E-state index in [0.717, 1.165) is 0 Å². The van der Waals surface area contributed by atoms with Crippen LogP contribution in [0, 0.1) is 10.1 Å². The fraction of sp³-hybridized carbons (Fsp3) is 0.182. The molecule has 2 aromatic rings. The molecule has 0 atom stereocenters. The van der Waals surface area contributed by atoms with E-state index in [1.807, 2.05) is 0 Å². The first-order chi connectivity index (χ1) is 9.19. The van der Waals surface area contributed by atoms with E-state index in [4.69, 9.17) is 4.74 Å². The minimum absolute atomic E-state index is 0.113. The van der Waals surface area contributed by atoms with Gasteiger partial charge >= 0.3 is 5.69 Å². The van der Waals surface area contributed by atoms with Crippen LogP contribution in [0.5, 0.6) is 5.75 Å². The lowest BCUT2D eigenvalue weighted by Crippen LogP contribution is -2.04. The molecule has 98 valence electrons. The van der Waals surface area contributed by atoms with Gasteiger partial charge in [0.05, 0.1) is 12.0 Å². The summed E-state index contributed by atoms with van der Waals surface area (Å²) in [4.78, 5) is 22.5. The van der Waals surface area contributed by atoms with Crippen molar-refractivity contribution in [3.05, 3.63) is 34.8 Å². The van der Waals surface area contributed by atoms with Crippen molar-refractivity contribution in [3.8, 4) is 17.1 Å². The summed E-state index contributed by atoms with van der Waals surface area (Å²) in [6.07, 6.45) is 2.75. The van der Waals surface area contributed by atoms with Crippen LogP contribution in [0.1, 0.15) is 0 Å². The summed E-state index contributed by atoms with van der Waals surface area (Å²) in [6.45, 7) is 0. The third kappa shape index (κ3) is 2.28. The Morgan fingerprint density at radius 1 is 1.32 bits per heavy atom. The van der Waals surface area contributed by atoms with Crippen LogP contribution >= 0.6 is 0 Å². The molecule has 19 heavy (non-hydrogen) atoms. The zero-order valence-corrected chi connectivity index (χ0v) is 10.3. The molecule has 0 unspecified atom stereocenters.